The van der Waals surface area contributed by atoms with Crippen molar-refractivity contribution in [3.63, 3.8) is 0 Å². The van der Waals surface area contributed by atoms with Crippen molar-refractivity contribution in [3.8, 4) is 5.75 Å². The first-order valence-electron chi connectivity index (χ1n) is 6.29. The van der Waals surface area contributed by atoms with E-state index in [9.17, 15) is 8.42 Å². The van der Waals surface area contributed by atoms with Crippen LogP contribution in [-0.2, 0) is 10.0 Å². The molecular weight excluding hydrogens is 278 g/mol. The molecule has 0 saturated heterocycles. The number of sulfonamides is 1. The minimum atomic E-state index is -3.69. The monoisotopic (exact) mass is 295 g/mol. The summed E-state index contributed by atoms with van der Waals surface area (Å²) in [5, 5.41) is 0.0281. The second-order valence-electron chi connectivity index (χ2n) is 4.28. The van der Waals surface area contributed by atoms with Crippen LogP contribution in [0.25, 0.3) is 0 Å². The van der Waals surface area contributed by atoms with Gasteiger partial charge in [-0.25, -0.2) is 4.98 Å². The number of H-pyrrole nitrogens is 1. The minimum Gasteiger partial charge on any atom is -0.491 e. The Hall–Kier alpha value is -2.02. The van der Waals surface area contributed by atoms with Crippen LogP contribution < -0.4 is 9.46 Å². The predicted molar refractivity (Wildman–Crippen MR) is 76.4 cm³/mol. The summed E-state index contributed by atoms with van der Waals surface area (Å²) in [5.74, 6) is 1.05. The predicted octanol–water partition coefficient (Wildman–Crippen LogP) is 2.31. The maximum atomic E-state index is 12.2. The van der Waals surface area contributed by atoms with E-state index in [4.69, 9.17) is 4.74 Å². The van der Waals surface area contributed by atoms with Gasteiger partial charge in [0.25, 0.3) is 10.0 Å². The van der Waals surface area contributed by atoms with E-state index >= 15 is 0 Å². The Bertz CT molecular complexity index is 680. The van der Waals surface area contributed by atoms with E-state index < -0.39 is 10.0 Å². The number of aryl methyl sites for hydroxylation is 1. The van der Waals surface area contributed by atoms with Gasteiger partial charge in [0.1, 0.15) is 11.6 Å². The molecule has 1 heterocycles. The molecule has 0 fully saturated rings. The van der Waals surface area contributed by atoms with E-state index in [1.165, 1.54) is 6.20 Å². The van der Waals surface area contributed by atoms with Crippen molar-refractivity contribution in [2.45, 2.75) is 25.3 Å². The third-order valence-electron chi connectivity index (χ3n) is 2.56. The summed E-state index contributed by atoms with van der Waals surface area (Å²) in [6, 6.07) is 6.93. The average molecular weight is 295 g/mol. The molecule has 0 saturated carbocycles. The Labute approximate surface area is 118 Å². The van der Waals surface area contributed by atoms with Gasteiger partial charge >= 0.3 is 0 Å². The molecule has 2 N–H and O–H groups in total. The Kier molecular flexibility index (Phi) is 4.29. The number of hydrogen-bond donors (Lipinski definition) is 2. The average Bonchev–Trinajstić information content (AvgIpc) is 2.85. The zero-order chi connectivity index (χ0) is 14.6. The first-order valence-corrected chi connectivity index (χ1v) is 7.77. The number of para-hydroxylation sites is 2. The van der Waals surface area contributed by atoms with Crippen molar-refractivity contribution in [1.29, 1.82) is 0 Å². The number of nitrogens with zero attached hydrogens (tertiary/aromatic N) is 1. The van der Waals surface area contributed by atoms with Crippen molar-refractivity contribution in [3.05, 3.63) is 36.3 Å². The van der Waals surface area contributed by atoms with Crippen LogP contribution in [0.4, 0.5) is 5.69 Å². The van der Waals surface area contributed by atoms with Crippen molar-refractivity contribution in [1.82, 2.24) is 9.97 Å². The highest BCUT2D eigenvalue weighted by atomic mass is 32.2. The lowest BCUT2D eigenvalue weighted by Crippen LogP contribution is -2.14. The Morgan fingerprint density at radius 1 is 1.35 bits per heavy atom. The maximum Gasteiger partial charge on any atom is 0.279 e. The molecule has 1 aromatic carbocycles. The highest BCUT2D eigenvalue weighted by Crippen LogP contribution is 2.26. The SMILES string of the molecule is CCCOc1ccccc1NS(=O)(=O)c1cnc(C)[nH]1. The Morgan fingerprint density at radius 2 is 2.10 bits per heavy atom. The normalized spacial score (nSPS) is 11.3. The lowest BCUT2D eigenvalue weighted by molar-refractivity contribution is 0.319. The van der Waals surface area contributed by atoms with Gasteiger partial charge in [-0.2, -0.15) is 8.42 Å². The van der Waals surface area contributed by atoms with Gasteiger partial charge in [-0.05, 0) is 25.5 Å². The molecule has 6 nitrogen and oxygen atoms in total. The molecule has 0 amide bonds. The fourth-order valence-electron chi connectivity index (χ4n) is 1.62. The van der Waals surface area contributed by atoms with E-state index in [-0.39, 0.29) is 5.03 Å². The van der Waals surface area contributed by atoms with Gasteiger partial charge in [-0.1, -0.05) is 19.1 Å². The van der Waals surface area contributed by atoms with E-state index in [1.54, 1.807) is 31.2 Å². The lowest BCUT2D eigenvalue weighted by Gasteiger charge is -2.12. The molecule has 0 unspecified atom stereocenters. The third kappa shape index (κ3) is 3.30. The van der Waals surface area contributed by atoms with Gasteiger partial charge in [0.15, 0.2) is 5.03 Å². The maximum absolute atomic E-state index is 12.2. The summed E-state index contributed by atoms with van der Waals surface area (Å²) >= 11 is 0. The van der Waals surface area contributed by atoms with Crippen molar-refractivity contribution in [2.75, 3.05) is 11.3 Å². The fraction of sp³-hybridized carbons (Fsp3) is 0.308. The van der Waals surface area contributed by atoms with Crippen LogP contribution in [0.3, 0.4) is 0 Å². The number of anilines is 1. The van der Waals surface area contributed by atoms with Crippen LogP contribution in [-0.4, -0.2) is 25.0 Å². The number of benzene rings is 1. The number of aromatic amines is 1. The molecule has 0 radical (unpaired) electrons. The summed E-state index contributed by atoms with van der Waals surface area (Å²) in [6.45, 7) is 4.21. The van der Waals surface area contributed by atoms with Gasteiger partial charge in [-0.15, -0.1) is 0 Å². The number of hydrogen-bond acceptors (Lipinski definition) is 4. The molecule has 0 aliphatic heterocycles. The largest absolute Gasteiger partial charge is 0.491 e. The van der Waals surface area contributed by atoms with Crippen LogP contribution in [0.2, 0.25) is 0 Å². The molecule has 0 aliphatic carbocycles. The molecule has 2 rings (SSSR count). The molecule has 0 aliphatic rings. The zero-order valence-electron chi connectivity index (χ0n) is 11.4. The second kappa shape index (κ2) is 5.96. The molecule has 20 heavy (non-hydrogen) atoms. The van der Waals surface area contributed by atoms with E-state index in [0.717, 1.165) is 6.42 Å². The minimum absolute atomic E-state index is 0.0281. The molecule has 1 aromatic heterocycles. The Morgan fingerprint density at radius 3 is 2.75 bits per heavy atom. The van der Waals surface area contributed by atoms with Gasteiger partial charge in [0.05, 0.1) is 18.5 Å². The molecule has 2 aromatic rings. The third-order valence-corrected chi connectivity index (χ3v) is 3.84. The second-order valence-corrected chi connectivity index (χ2v) is 5.93. The molecular formula is C13H17N3O3S. The molecule has 0 spiro atoms. The van der Waals surface area contributed by atoms with Gasteiger partial charge in [-0.3, -0.25) is 4.72 Å². The van der Waals surface area contributed by atoms with Crippen molar-refractivity contribution in [2.24, 2.45) is 0 Å². The van der Waals surface area contributed by atoms with Crippen molar-refractivity contribution < 1.29 is 13.2 Å². The van der Waals surface area contributed by atoms with Crippen LogP contribution >= 0.6 is 0 Å². The number of ether oxygens (including phenoxy) is 1. The first-order chi connectivity index (χ1) is 9.53. The van der Waals surface area contributed by atoms with E-state index in [1.807, 2.05) is 6.92 Å². The number of rotatable bonds is 6. The smallest absolute Gasteiger partial charge is 0.279 e. The molecule has 0 atom stereocenters. The number of nitrogens with one attached hydrogen (secondary N) is 2. The van der Waals surface area contributed by atoms with Gasteiger partial charge in [0, 0.05) is 0 Å². The molecule has 0 bridgehead atoms. The zero-order valence-corrected chi connectivity index (χ0v) is 12.2. The topological polar surface area (TPSA) is 84.1 Å². The highest BCUT2D eigenvalue weighted by Gasteiger charge is 2.18. The van der Waals surface area contributed by atoms with Gasteiger partial charge in [0.2, 0.25) is 0 Å². The summed E-state index contributed by atoms with van der Waals surface area (Å²) < 4.78 is 32.4. The number of imidazole rings is 1. The van der Waals surface area contributed by atoms with Crippen molar-refractivity contribution >= 4 is 15.7 Å². The standard InChI is InChI=1S/C13H17N3O3S/c1-3-8-19-12-7-5-4-6-11(12)16-20(17,18)13-9-14-10(2)15-13/h4-7,9,16H,3,8H2,1-2H3,(H,14,15). The molecule has 7 heteroatoms. The Balaban J connectivity index is 2.25. The van der Waals surface area contributed by atoms with Crippen LogP contribution in [0.1, 0.15) is 19.2 Å². The van der Waals surface area contributed by atoms with Crippen LogP contribution in [0.15, 0.2) is 35.5 Å². The van der Waals surface area contributed by atoms with Crippen LogP contribution in [0, 0.1) is 6.92 Å². The summed E-state index contributed by atoms with van der Waals surface area (Å²) in [4.78, 5) is 6.59. The van der Waals surface area contributed by atoms with E-state index in [2.05, 4.69) is 14.7 Å². The highest BCUT2D eigenvalue weighted by molar-refractivity contribution is 7.92. The summed E-state index contributed by atoms with van der Waals surface area (Å²) in [7, 11) is -3.69. The van der Waals surface area contributed by atoms with E-state index in [0.29, 0.717) is 23.9 Å². The molecule has 108 valence electrons. The van der Waals surface area contributed by atoms with Gasteiger partial charge < -0.3 is 9.72 Å². The van der Waals surface area contributed by atoms with Crippen LogP contribution in [0.5, 0.6) is 5.75 Å². The number of aromatic nitrogens is 2. The lowest BCUT2D eigenvalue weighted by atomic mass is 10.3. The fourth-order valence-corrected chi connectivity index (χ4v) is 2.67. The quantitative estimate of drug-likeness (QED) is 0.856. The summed E-state index contributed by atoms with van der Waals surface area (Å²) in [5.41, 5.74) is 0.410. The summed E-state index contributed by atoms with van der Waals surface area (Å²) in [6.07, 6.45) is 2.13. The first kappa shape index (κ1) is 14.4.